The molecule has 17 heavy (non-hydrogen) atoms. The Bertz CT molecular complexity index is 516. The smallest absolute Gasteiger partial charge is 0.250 e. The van der Waals surface area contributed by atoms with Crippen LogP contribution in [-0.4, -0.2) is 18.5 Å². The summed E-state index contributed by atoms with van der Waals surface area (Å²) < 4.78 is 0. The Kier molecular flexibility index (Phi) is 2.76. The molecule has 4 heteroatoms. The van der Waals surface area contributed by atoms with Gasteiger partial charge in [-0.1, -0.05) is 0 Å². The van der Waals surface area contributed by atoms with Gasteiger partial charge in [-0.2, -0.15) is 5.26 Å². The van der Waals surface area contributed by atoms with Gasteiger partial charge >= 0.3 is 0 Å². The Balaban J connectivity index is 2.54. The van der Waals surface area contributed by atoms with Gasteiger partial charge in [0.2, 0.25) is 5.91 Å². The van der Waals surface area contributed by atoms with E-state index in [1.165, 1.54) is 5.56 Å². The number of benzene rings is 1. The van der Waals surface area contributed by atoms with Crippen molar-refractivity contribution in [3.63, 3.8) is 0 Å². The fourth-order valence-electron chi connectivity index (χ4n) is 2.02. The van der Waals surface area contributed by atoms with Crippen LogP contribution >= 0.6 is 0 Å². The van der Waals surface area contributed by atoms with Gasteiger partial charge in [0.1, 0.15) is 12.6 Å². The SMILES string of the molecule is Cc1cc2c(cc1C)N(CC#N)C(=O)C(C)N2. The molecule has 0 aromatic heterocycles. The molecule has 0 fully saturated rings. The first-order chi connectivity index (χ1) is 8.04. The predicted octanol–water partition coefficient (Wildman–Crippen LogP) is 1.97. The van der Waals surface area contributed by atoms with Crippen molar-refractivity contribution in [3.05, 3.63) is 23.3 Å². The van der Waals surface area contributed by atoms with Crippen molar-refractivity contribution >= 4 is 17.3 Å². The molecular formula is C13H15N3O. The molecule has 0 spiro atoms. The minimum Gasteiger partial charge on any atom is -0.372 e. The molecule has 1 N–H and O–H groups in total. The lowest BCUT2D eigenvalue weighted by molar-refractivity contribution is -0.119. The summed E-state index contributed by atoms with van der Waals surface area (Å²) in [4.78, 5) is 13.5. The number of hydrogen-bond donors (Lipinski definition) is 1. The quantitative estimate of drug-likeness (QED) is 0.749. The summed E-state index contributed by atoms with van der Waals surface area (Å²) in [5.41, 5.74) is 4.03. The summed E-state index contributed by atoms with van der Waals surface area (Å²) in [5, 5.41) is 12.0. The standard InChI is InChI=1S/C13H15N3O/c1-8-6-11-12(7-9(8)2)16(5-4-14)13(17)10(3)15-11/h6-7,10,15H,5H2,1-3H3. The fourth-order valence-corrected chi connectivity index (χ4v) is 2.02. The number of rotatable bonds is 1. The normalized spacial score (nSPS) is 18.4. The Morgan fingerprint density at radius 1 is 1.41 bits per heavy atom. The summed E-state index contributed by atoms with van der Waals surface area (Å²) >= 11 is 0. The Morgan fingerprint density at radius 2 is 2.06 bits per heavy atom. The molecule has 4 nitrogen and oxygen atoms in total. The molecule has 0 saturated heterocycles. The molecule has 1 unspecified atom stereocenters. The maximum Gasteiger partial charge on any atom is 0.250 e. The number of hydrogen-bond acceptors (Lipinski definition) is 3. The Hall–Kier alpha value is -2.02. The maximum atomic E-state index is 12.0. The third-order valence-corrected chi connectivity index (χ3v) is 3.14. The summed E-state index contributed by atoms with van der Waals surface area (Å²) in [6, 6.07) is 5.74. The number of fused-ring (bicyclic) bond motifs is 1. The topological polar surface area (TPSA) is 56.1 Å². The van der Waals surface area contributed by atoms with Crippen LogP contribution < -0.4 is 10.2 Å². The average Bonchev–Trinajstić information content (AvgIpc) is 2.28. The highest BCUT2D eigenvalue weighted by molar-refractivity contribution is 6.05. The van der Waals surface area contributed by atoms with Gasteiger partial charge in [-0.25, -0.2) is 0 Å². The van der Waals surface area contributed by atoms with Gasteiger partial charge in [-0.05, 0) is 44.0 Å². The van der Waals surface area contributed by atoms with E-state index in [9.17, 15) is 4.79 Å². The van der Waals surface area contributed by atoms with Crippen LogP contribution in [0.25, 0.3) is 0 Å². The molecule has 0 aliphatic carbocycles. The number of carbonyl (C=O) groups excluding carboxylic acids is 1. The number of anilines is 2. The first-order valence-electron chi connectivity index (χ1n) is 5.60. The minimum atomic E-state index is -0.280. The third kappa shape index (κ3) is 1.84. The van der Waals surface area contributed by atoms with E-state index in [-0.39, 0.29) is 18.5 Å². The molecule has 1 aliphatic heterocycles. The average molecular weight is 229 g/mol. The van der Waals surface area contributed by atoms with Crippen molar-refractivity contribution in [1.82, 2.24) is 0 Å². The van der Waals surface area contributed by atoms with Gasteiger partial charge in [-0.3, -0.25) is 9.69 Å². The molecule has 0 saturated carbocycles. The van der Waals surface area contributed by atoms with Gasteiger partial charge in [0.25, 0.3) is 0 Å². The van der Waals surface area contributed by atoms with E-state index in [4.69, 9.17) is 5.26 Å². The fraction of sp³-hybridized carbons (Fsp3) is 0.385. The van der Waals surface area contributed by atoms with Gasteiger partial charge in [0.15, 0.2) is 0 Å². The van der Waals surface area contributed by atoms with Crippen LogP contribution in [-0.2, 0) is 4.79 Å². The van der Waals surface area contributed by atoms with Crippen LogP contribution in [0.3, 0.4) is 0 Å². The zero-order valence-electron chi connectivity index (χ0n) is 10.2. The summed E-state index contributed by atoms with van der Waals surface area (Å²) in [6.45, 7) is 5.95. The van der Waals surface area contributed by atoms with E-state index >= 15 is 0 Å². The van der Waals surface area contributed by atoms with E-state index in [1.54, 1.807) is 4.90 Å². The number of nitriles is 1. The Morgan fingerprint density at radius 3 is 2.71 bits per heavy atom. The number of carbonyl (C=O) groups is 1. The monoisotopic (exact) mass is 229 g/mol. The maximum absolute atomic E-state index is 12.0. The molecule has 1 heterocycles. The number of amides is 1. The lowest BCUT2D eigenvalue weighted by Gasteiger charge is -2.33. The van der Waals surface area contributed by atoms with E-state index in [0.717, 1.165) is 16.9 Å². The van der Waals surface area contributed by atoms with Crippen LogP contribution in [0.4, 0.5) is 11.4 Å². The second kappa shape index (κ2) is 4.10. The van der Waals surface area contributed by atoms with Gasteiger partial charge in [0, 0.05) is 0 Å². The summed E-state index contributed by atoms with van der Waals surface area (Å²) in [7, 11) is 0. The van der Waals surface area contributed by atoms with E-state index in [1.807, 2.05) is 39.0 Å². The van der Waals surface area contributed by atoms with Gasteiger partial charge < -0.3 is 5.32 Å². The molecule has 0 bridgehead atoms. The van der Waals surface area contributed by atoms with Crippen LogP contribution in [0.5, 0.6) is 0 Å². The molecule has 1 aromatic carbocycles. The zero-order chi connectivity index (χ0) is 12.6. The first kappa shape index (κ1) is 11.5. The van der Waals surface area contributed by atoms with Crippen molar-refractivity contribution < 1.29 is 4.79 Å². The molecule has 1 atom stereocenters. The predicted molar refractivity (Wildman–Crippen MR) is 67.0 cm³/mol. The lowest BCUT2D eigenvalue weighted by atomic mass is 10.0. The second-order valence-corrected chi connectivity index (χ2v) is 4.40. The van der Waals surface area contributed by atoms with Crippen molar-refractivity contribution in [3.8, 4) is 6.07 Å². The largest absolute Gasteiger partial charge is 0.372 e. The van der Waals surface area contributed by atoms with Crippen LogP contribution in [0.2, 0.25) is 0 Å². The van der Waals surface area contributed by atoms with Gasteiger partial charge in [-0.15, -0.1) is 0 Å². The zero-order valence-corrected chi connectivity index (χ0v) is 10.2. The van der Waals surface area contributed by atoms with Crippen LogP contribution in [0.15, 0.2) is 12.1 Å². The number of aryl methyl sites for hydroxylation is 2. The molecule has 1 aliphatic rings. The van der Waals surface area contributed by atoms with Crippen molar-refractivity contribution in [2.24, 2.45) is 0 Å². The molecule has 88 valence electrons. The number of nitrogens with one attached hydrogen (secondary N) is 1. The van der Waals surface area contributed by atoms with E-state index in [2.05, 4.69) is 5.32 Å². The molecular weight excluding hydrogens is 214 g/mol. The minimum absolute atomic E-state index is 0.0534. The van der Waals surface area contributed by atoms with Gasteiger partial charge in [0.05, 0.1) is 17.4 Å². The van der Waals surface area contributed by atoms with E-state index in [0.29, 0.717) is 0 Å². The van der Waals surface area contributed by atoms with Crippen molar-refractivity contribution in [1.29, 1.82) is 5.26 Å². The van der Waals surface area contributed by atoms with Crippen molar-refractivity contribution in [2.45, 2.75) is 26.8 Å². The third-order valence-electron chi connectivity index (χ3n) is 3.14. The Labute approximate surface area is 101 Å². The highest BCUT2D eigenvalue weighted by Crippen LogP contribution is 2.33. The molecule has 2 rings (SSSR count). The van der Waals surface area contributed by atoms with Crippen LogP contribution in [0, 0.1) is 25.2 Å². The highest BCUT2D eigenvalue weighted by atomic mass is 16.2. The highest BCUT2D eigenvalue weighted by Gasteiger charge is 2.29. The summed E-state index contributed by atoms with van der Waals surface area (Å²) in [5.74, 6) is -0.0534. The molecule has 1 aromatic rings. The lowest BCUT2D eigenvalue weighted by Crippen LogP contribution is -2.45. The number of nitrogens with zero attached hydrogens (tertiary/aromatic N) is 2. The van der Waals surface area contributed by atoms with Crippen LogP contribution in [0.1, 0.15) is 18.1 Å². The van der Waals surface area contributed by atoms with Crippen molar-refractivity contribution in [2.75, 3.05) is 16.8 Å². The molecule has 0 radical (unpaired) electrons. The second-order valence-electron chi connectivity index (χ2n) is 4.40. The van der Waals surface area contributed by atoms with E-state index < -0.39 is 0 Å². The molecule has 1 amide bonds. The summed E-state index contributed by atoms with van der Waals surface area (Å²) in [6.07, 6.45) is 0. The first-order valence-corrected chi connectivity index (χ1v) is 5.60.